The third-order valence-electron chi connectivity index (χ3n) is 4.52. The summed E-state index contributed by atoms with van der Waals surface area (Å²) in [4.78, 5) is 6.46. The van der Waals surface area contributed by atoms with Gasteiger partial charge in [-0.1, -0.05) is 42.0 Å². The first-order valence-electron chi connectivity index (χ1n) is 8.34. The second-order valence-electron chi connectivity index (χ2n) is 6.53. The number of aryl methyl sites for hydroxylation is 1. The van der Waals surface area contributed by atoms with Crippen LogP contribution >= 0.6 is 0 Å². The van der Waals surface area contributed by atoms with E-state index in [9.17, 15) is 0 Å². The number of hydrogen-bond donors (Lipinski definition) is 1. The molecule has 0 amide bonds. The number of benzene rings is 2. The van der Waals surface area contributed by atoms with E-state index in [0.29, 0.717) is 0 Å². The van der Waals surface area contributed by atoms with E-state index >= 15 is 0 Å². The molecule has 1 N–H and O–H groups in total. The van der Waals surface area contributed by atoms with Crippen LogP contribution in [0.5, 0.6) is 0 Å². The van der Waals surface area contributed by atoms with Gasteiger partial charge in [0.1, 0.15) is 12.4 Å². The van der Waals surface area contributed by atoms with Crippen molar-refractivity contribution in [2.75, 3.05) is 24.3 Å². The van der Waals surface area contributed by atoms with Gasteiger partial charge in [0.15, 0.2) is 0 Å². The zero-order chi connectivity index (χ0) is 17.4. The lowest BCUT2D eigenvalue weighted by atomic mass is 10.0. The van der Waals surface area contributed by atoms with Gasteiger partial charge in [-0.05, 0) is 36.3 Å². The van der Waals surface area contributed by atoms with Gasteiger partial charge in [0, 0.05) is 25.5 Å². The van der Waals surface area contributed by atoms with Gasteiger partial charge in [-0.15, -0.1) is 0 Å². The highest BCUT2D eigenvalue weighted by Crippen LogP contribution is 2.32. The van der Waals surface area contributed by atoms with E-state index in [2.05, 4.69) is 81.8 Å². The summed E-state index contributed by atoms with van der Waals surface area (Å²) in [6.07, 6.45) is 3.80. The molecule has 2 heterocycles. The van der Waals surface area contributed by atoms with Crippen molar-refractivity contribution in [1.29, 1.82) is 0 Å². The summed E-state index contributed by atoms with van der Waals surface area (Å²) in [6.45, 7) is 2.10. The van der Waals surface area contributed by atoms with E-state index in [0.717, 1.165) is 17.2 Å². The Labute approximate surface area is 147 Å². The van der Waals surface area contributed by atoms with E-state index in [1.54, 1.807) is 6.33 Å². The zero-order valence-electron chi connectivity index (χ0n) is 14.6. The third-order valence-corrected chi connectivity index (χ3v) is 4.52. The summed E-state index contributed by atoms with van der Waals surface area (Å²) in [7, 11) is 4.09. The molecule has 126 valence electrons. The molecule has 0 aliphatic carbocycles. The van der Waals surface area contributed by atoms with E-state index in [4.69, 9.17) is 0 Å². The Morgan fingerprint density at radius 3 is 2.40 bits per heavy atom. The van der Waals surface area contributed by atoms with Crippen LogP contribution in [0.4, 0.5) is 11.6 Å². The van der Waals surface area contributed by atoms with Gasteiger partial charge in [0.05, 0.1) is 0 Å². The lowest BCUT2D eigenvalue weighted by Crippen LogP contribution is -2.20. The molecule has 0 unspecified atom stereocenters. The second kappa shape index (κ2) is 6.09. The van der Waals surface area contributed by atoms with Crippen molar-refractivity contribution in [3.8, 4) is 0 Å². The fourth-order valence-corrected chi connectivity index (χ4v) is 3.04. The maximum absolute atomic E-state index is 4.40. The second-order valence-corrected chi connectivity index (χ2v) is 6.53. The lowest BCUT2D eigenvalue weighted by Gasteiger charge is -2.25. The normalized spacial score (nSPS) is 16.0. The molecular formula is C20H21N5. The smallest absolute Gasteiger partial charge is 0.226 e. The number of nitrogens with one attached hydrogen (secondary N) is 1. The van der Waals surface area contributed by atoms with Gasteiger partial charge in [-0.2, -0.15) is 10.1 Å². The Bertz CT molecular complexity index is 904. The average molecular weight is 331 g/mol. The molecule has 5 heteroatoms. The lowest BCUT2D eigenvalue weighted by molar-refractivity contribution is 0.612. The van der Waals surface area contributed by atoms with Crippen LogP contribution in [0.1, 0.15) is 22.7 Å². The standard InChI is InChI=1S/C20H21N5/c1-14-4-6-15(7-5-14)18-12-19(25-20(23-18)21-13-22-25)16-8-10-17(11-9-16)24(2)3/h4-13,19H,1-3H3,(H,21,22,23)/t19-/m1/s1. The van der Waals surface area contributed by atoms with Crippen molar-refractivity contribution in [3.63, 3.8) is 0 Å². The minimum Gasteiger partial charge on any atom is -0.378 e. The highest BCUT2D eigenvalue weighted by molar-refractivity contribution is 5.77. The Morgan fingerprint density at radius 2 is 1.72 bits per heavy atom. The zero-order valence-corrected chi connectivity index (χ0v) is 14.6. The number of anilines is 2. The van der Waals surface area contributed by atoms with Gasteiger partial charge >= 0.3 is 0 Å². The molecule has 0 fully saturated rings. The largest absolute Gasteiger partial charge is 0.378 e. The molecule has 0 spiro atoms. The first-order chi connectivity index (χ1) is 12.1. The van der Waals surface area contributed by atoms with Crippen LogP contribution in [0.2, 0.25) is 0 Å². The topological polar surface area (TPSA) is 46.0 Å². The minimum atomic E-state index is 0.0197. The molecule has 0 radical (unpaired) electrons. The minimum absolute atomic E-state index is 0.0197. The molecule has 1 aromatic heterocycles. The van der Waals surface area contributed by atoms with Gasteiger partial charge in [-0.25, -0.2) is 4.68 Å². The quantitative estimate of drug-likeness (QED) is 0.795. The van der Waals surface area contributed by atoms with Crippen LogP contribution < -0.4 is 10.2 Å². The van der Waals surface area contributed by atoms with Crippen molar-refractivity contribution in [3.05, 3.63) is 77.6 Å². The molecule has 1 atom stereocenters. The maximum atomic E-state index is 4.40. The molecule has 1 aliphatic rings. The predicted octanol–water partition coefficient (Wildman–Crippen LogP) is 3.71. The van der Waals surface area contributed by atoms with Crippen LogP contribution in [0.3, 0.4) is 0 Å². The monoisotopic (exact) mass is 331 g/mol. The van der Waals surface area contributed by atoms with Gasteiger partial charge < -0.3 is 10.2 Å². The molecule has 1 aliphatic heterocycles. The number of hydrogen-bond acceptors (Lipinski definition) is 4. The molecule has 2 aromatic carbocycles. The molecule has 0 saturated heterocycles. The van der Waals surface area contributed by atoms with Gasteiger partial charge in [-0.3, -0.25) is 0 Å². The van der Waals surface area contributed by atoms with Crippen molar-refractivity contribution in [2.24, 2.45) is 0 Å². The van der Waals surface area contributed by atoms with Crippen molar-refractivity contribution < 1.29 is 0 Å². The van der Waals surface area contributed by atoms with Crippen LogP contribution in [0, 0.1) is 6.92 Å². The van der Waals surface area contributed by atoms with E-state index in [-0.39, 0.29) is 6.04 Å². The van der Waals surface area contributed by atoms with Crippen LogP contribution in [0.15, 0.2) is 60.9 Å². The molecular weight excluding hydrogens is 310 g/mol. The maximum Gasteiger partial charge on any atom is 0.226 e. The summed E-state index contributed by atoms with van der Waals surface area (Å²) in [5.41, 5.74) is 5.82. The number of nitrogens with zero attached hydrogens (tertiary/aromatic N) is 4. The summed E-state index contributed by atoms with van der Waals surface area (Å²) in [5, 5.41) is 7.79. The first-order valence-corrected chi connectivity index (χ1v) is 8.34. The summed E-state index contributed by atoms with van der Waals surface area (Å²) in [6, 6.07) is 17.1. The Balaban J connectivity index is 1.75. The van der Waals surface area contributed by atoms with Crippen molar-refractivity contribution in [1.82, 2.24) is 14.8 Å². The summed E-state index contributed by atoms with van der Waals surface area (Å²) in [5.74, 6) is 0.764. The molecule has 4 rings (SSSR count). The SMILES string of the molecule is Cc1ccc(C2=C[C@H](c3ccc(N(C)C)cc3)n3ncnc3N2)cc1. The number of aromatic nitrogens is 3. The van der Waals surface area contributed by atoms with Crippen LogP contribution in [0.25, 0.3) is 5.70 Å². The highest BCUT2D eigenvalue weighted by atomic mass is 15.4. The Morgan fingerprint density at radius 1 is 1.00 bits per heavy atom. The number of fused-ring (bicyclic) bond motifs is 1. The molecule has 0 bridgehead atoms. The van der Waals surface area contributed by atoms with Crippen molar-refractivity contribution >= 4 is 17.3 Å². The van der Waals surface area contributed by atoms with Crippen LogP contribution in [-0.2, 0) is 0 Å². The number of rotatable bonds is 3. The fraction of sp³-hybridized carbons (Fsp3) is 0.200. The van der Waals surface area contributed by atoms with Crippen molar-refractivity contribution in [2.45, 2.75) is 13.0 Å². The van der Waals surface area contributed by atoms with Gasteiger partial charge in [0.2, 0.25) is 5.95 Å². The summed E-state index contributed by atoms with van der Waals surface area (Å²) < 4.78 is 1.92. The molecule has 0 saturated carbocycles. The fourth-order valence-electron chi connectivity index (χ4n) is 3.04. The Hall–Kier alpha value is -3.08. The van der Waals surface area contributed by atoms with Crippen LogP contribution in [-0.4, -0.2) is 28.9 Å². The predicted molar refractivity (Wildman–Crippen MR) is 102 cm³/mol. The average Bonchev–Trinajstić information content (AvgIpc) is 3.10. The Kier molecular flexibility index (Phi) is 3.76. The highest BCUT2D eigenvalue weighted by Gasteiger charge is 2.23. The van der Waals surface area contributed by atoms with E-state index < -0.39 is 0 Å². The van der Waals surface area contributed by atoms with E-state index in [1.165, 1.54) is 16.8 Å². The molecule has 3 aromatic rings. The van der Waals surface area contributed by atoms with Gasteiger partial charge in [0.25, 0.3) is 0 Å². The first kappa shape index (κ1) is 15.4. The summed E-state index contributed by atoms with van der Waals surface area (Å²) >= 11 is 0. The molecule has 25 heavy (non-hydrogen) atoms. The van der Waals surface area contributed by atoms with E-state index in [1.807, 2.05) is 18.8 Å². The molecule has 5 nitrogen and oxygen atoms in total. The number of allylic oxidation sites excluding steroid dienone is 1. The third kappa shape index (κ3) is 2.89.